The Bertz CT molecular complexity index is 1720. The maximum atomic E-state index is 14.1. The van der Waals surface area contributed by atoms with E-state index in [1.54, 1.807) is 0 Å². The van der Waals surface area contributed by atoms with Gasteiger partial charge in [0.05, 0.1) is 21.3 Å². The number of hydrogen-bond donors (Lipinski definition) is 0. The van der Waals surface area contributed by atoms with Crippen molar-refractivity contribution in [3.05, 3.63) is 84.9 Å². The molecule has 7 heteroatoms. The normalized spacial score (nSPS) is 12.4. The molecule has 1 aromatic heterocycles. The van der Waals surface area contributed by atoms with Crippen molar-refractivity contribution in [1.29, 1.82) is 0 Å². The van der Waals surface area contributed by atoms with Gasteiger partial charge in [-0.1, -0.05) is 112 Å². The van der Waals surface area contributed by atoms with Gasteiger partial charge in [0.1, 0.15) is 9.79 Å². The molecule has 0 amide bonds. The molecule has 0 saturated carbocycles. The standard InChI is InChI=1S/C32H32O4S3/c1-3-5-21-38(33,34)31-29(27-19-11-15-23-13-7-9-17-25(23)27)37-30(32(31)39(35,36)22-6-4-2)28-20-12-16-24-14-8-10-18-26(24)28/h7-20H,3-6,21-22H2,1-2H3. The van der Waals surface area contributed by atoms with Gasteiger partial charge in [0, 0.05) is 11.1 Å². The molecule has 0 aliphatic rings. The van der Waals surface area contributed by atoms with Crippen LogP contribution < -0.4 is 0 Å². The van der Waals surface area contributed by atoms with E-state index in [-0.39, 0.29) is 21.3 Å². The average molecular weight is 577 g/mol. The van der Waals surface area contributed by atoms with Crippen LogP contribution in [0.25, 0.3) is 42.4 Å². The molecule has 5 rings (SSSR count). The van der Waals surface area contributed by atoms with Gasteiger partial charge in [-0.15, -0.1) is 11.3 Å². The molecule has 4 nitrogen and oxygen atoms in total. The molecule has 39 heavy (non-hydrogen) atoms. The molecule has 5 aromatic rings. The minimum absolute atomic E-state index is 0.0312. The first-order valence-electron chi connectivity index (χ1n) is 13.4. The predicted molar refractivity (Wildman–Crippen MR) is 164 cm³/mol. The summed E-state index contributed by atoms with van der Waals surface area (Å²) in [4.78, 5) is 0.939. The summed E-state index contributed by atoms with van der Waals surface area (Å²) in [6.07, 6.45) is 2.32. The lowest BCUT2D eigenvalue weighted by Crippen LogP contribution is -2.15. The second-order valence-corrected chi connectivity index (χ2v) is 14.9. The lowest BCUT2D eigenvalue weighted by Gasteiger charge is -2.13. The molecule has 0 aliphatic heterocycles. The maximum Gasteiger partial charge on any atom is 0.181 e. The Morgan fingerprint density at radius 3 is 1.33 bits per heavy atom. The van der Waals surface area contributed by atoms with E-state index in [0.717, 1.165) is 32.7 Å². The smallest absolute Gasteiger partial charge is 0.181 e. The summed E-state index contributed by atoms with van der Waals surface area (Å²) < 4.78 is 56.5. The van der Waals surface area contributed by atoms with Gasteiger partial charge in [-0.2, -0.15) is 0 Å². The van der Waals surface area contributed by atoms with Gasteiger partial charge in [-0.25, -0.2) is 16.8 Å². The fourth-order valence-electron chi connectivity index (χ4n) is 5.04. The van der Waals surface area contributed by atoms with E-state index in [2.05, 4.69) is 0 Å². The van der Waals surface area contributed by atoms with Crippen LogP contribution in [-0.2, 0) is 19.7 Å². The largest absolute Gasteiger partial charge is 0.224 e. The summed E-state index contributed by atoms with van der Waals surface area (Å²) in [5, 5.41) is 3.75. The summed E-state index contributed by atoms with van der Waals surface area (Å²) >= 11 is 1.28. The van der Waals surface area contributed by atoms with Crippen molar-refractivity contribution in [3.8, 4) is 20.9 Å². The van der Waals surface area contributed by atoms with Crippen LogP contribution in [0.5, 0.6) is 0 Å². The van der Waals surface area contributed by atoms with Crippen molar-refractivity contribution < 1.29 is 16.8 Å². The van der Waals surface area contributed by atoms with Crippen LogP contribution in [0.2, 0.25) is 0 Å². The zero-order valence-electron chi connectivity index (χ0n) is 22.2. The van der Waals surface area contributed by atoms with Crippen LogP contribution in [0.3, 0.4) is 0 Å². The summed E-state index contributed by atoms with van der Waals surface area (Å²) in [5.41, 5.74) is 1.48. The third-order valence-electron chi connectivity index (χ3n) is 7.05. The van der Waals surface area contributed by atoms with Crippen molar-refractivity contribution in [2.75, 3.05) is 11.5 Å². The fourth-order valence-corrected chi connectivity index (χ4v) is 11.4. The molecular formula is C32H32O4S3. The summed E-state index contributed by atoms with van der Waals surface area (Å²) in [6, 6.07) is 27.3. The molecule has 0 atom stereocenters. The van der Waals surface area contributed by atoms with Crippen LogP contribution in [0, 0.1) is 0 Å². The first-order valence-corrected chi connectivity index (χ1v) is 17.5. The Labute approximate surface area is 235 Å². The third kappa shape index (κ3) is 5.28. The van der Waals surface area contributed by atoms with E-state index in [4.69, 9.17) is 0 Å². The Kier molecular flexibility index (Phi) is 7.94. The van der Waals surface area contributed by atoms with Gasteiger partial charge in [0.25, 0.3) is 0 Å². The Morgan fingerprint density at radius 1 is 0.538 bits per heavy atom. The Morgan fingerprint density at radius 2 is 0.923 bits per heavy atom. The minimum atomic E-state index is -3.92. The molecule has 0 bridgehead atoms. The number of fused-ring (bicyclic) bond motifs is 2. The zero-order chi connectivity index (χ0) is 27.6. The number of hydrogen-bond acceptors (Lipinski definition) is 5. The first kappa shape index (κ1) is 27.6. The van der Waals surface area contributed by atoms with E-state index in [1.165, 1.54) is 11.3 Å². The summed E-state index contributed by atoms with van der Waals surface area (Å²) in [5.74, 6) is -0.188. The molecule has 202 valence electrons. The monoisotopic (exact) mass is 576 g/mol. The highest BCUT2D eigenvalue weighted by molar-refractivity contribution is 7.95. The number of thiophene rings is 1. The van der Waals surface area contributed by atoms with Gasteiger partial charge in [0.2, 0.25) is 0 Å². The molecule has 0 radical (unpaired) electrons. The Balaban J connectivity index is 1.95. The molecule has 0 N–H and O–H groups in total. The number of rotatable bonds is 10. The van der Waals surface area contributed by atoms with Crippen LogP contribution in [0.4, 0.5) is 0 Å². The average Bonchev–Trinajstić information content (AvgIpc) is 3.37. The second-order valence-electron chi connectivity index (χ2n) is 9.82. The van der Waals surface area contributed by atoms with Gasteiger partial charge in [0.15, 0.2) is 19.7 Å². The van der Waals surface area contributed by atoms with Crippen molar-refractivity contribution in [1.82, 2.24) is 0 Å². The van der Waals surface area contributed by atoms with Crippen LogP contribution >= 0.6 is 11.3 Å². The quantitative estimate of drug-likeness (QED) is 0.167. The van der Waals surface area contributed by atoms with Crippen molar-refractivity contribution in [2.45, 2.75) is 49.3 Å². The van der Waals surface area contributed by atoms with E-state index in [0.29, 0.717) is 35.4 Å². The Hall–Kier alpha value is -3.00. The molecule has 4 aromatic carbocycles. The highest BCUT2D eigenvalue weighted by Crippen LogP contribution is 2.50. The van der Waals surface area contributed by atoms with Gasteiger partial charge >= 0.3 is 0 Å². The predicted octanol–water partition coefficient (Wildman–Crippen LogP) is 8.54. The zero-order valence-corrected chi connectivity index (χ0v) is 24.6. The molecule has 1 heterocycles. The SMILES string of the molecule is CCCCS(=O)(=O)c1c(-c2cccc3ccccc23)sc(-c2cccc3ccccc23)c1S(=O)(=O)CCCC. The molecule has 0 unspecified atom stereocenters. The minimum Gasteiger partial charge on any atom is -0.224 e. The summed E-state index contributed by atoms with van der Waals surface area (Å²) in [6.45, 7) is 3.88. The van der Waals surface area contributed by atoms with Crippen LogP contribution in [0.15, 0.2) is 94.7 Å². The van der Waals surface area contributed by atoms with Gasteiger partial charge < -0.3 is 0 Å². The maximum absolute atomic E-state index is 14.1. The van der Waals surface area contributed by atoms with Crippen molar-refractivity contribution in [2.24, 2.45) is 0 Å². The van der Waals surface area contributed by atoms with Crippen LogP contribution in [-0.4, -0.2) is 28.3 Å². The van der Waals surface area contributed by atoms with Crippen molar-refractivity contribution in [3.63, 3.8) is 0 Å². The molecule has 0 aliphatic carbocycles. The highest BCUT2D eigenvalue weighted by Gasteiger charge is 2.36. The molecule has 0 spiro atoms. The van der Waals surface area contributed by atoms with E-state index >= 15 is 0 Å². The second kappa shape index (κ2) is 11.2. The number of unbranched alkanes of at least 4 members (excludes halogenated alkanes) is 2. The molecule has 0 fully saturated rings. The topological polar surface area (TPSA) is 68.3 Å². The fraction of sp³-hybridized carbons (Fsp3) is 0.250. The first-order chi connectivity index (χ1) is 18.8. The molecule has 0 saturated heterocycles. The highest BCUT2D eigenvalue weighted by atomic mass is 32.2. The third-order valence-corrected chi connectivity index (χ3v) is 12.4. The van der Waals surface area contributed by atoms with E-state index < -0.39 is 19.7 Å². The number of sulfone groups is 2. The molecular weight excluding hydrogens is 545 g/mol. The summed E-state index contributed by atoms with van der Waals surface area (Å²) in [7, 11) is -7.84. The number of benzene rings is 4. The lowest BCUT2D eigenvalue weighted by molar-refractivity contribution is 0.581. The lowest BCUT2D eigenvalue weighted by atomic mass is 10.0. The van der Waals surface area contributed by atoms with Gasteiger partial charge in [-0.05, 0) is 34.4 Å². The van der Waals surface area contributed by atoms with Crippen LogP contribution in [0.1, 0.15) is 39.5 Å². The van der Waals surface area contributed by atoms with E-state index in [1.807, 2.05) is 98.8 Å². The van der Waals surface area contributed by atoms with E-state index in [9.17, 15) is 16.8 Å². The van der Waals surface area contributed by atoms with Gasteiger partial charge in [-0.3, -0.25) is 0 Å². The van der Waals surface area contributed by atoms with Crippen molar-refractivity contribution >= 4 is 52.6 Å².